The monoisotopic (exact) mass is 265 g/mol. The first-order chi connectivity index (χ1) is 9.31. The quantitative estimate of drug-likeness (QED) is 0.843. The number of hydrogen-bond acceptors (Lipinski definition) is 5. The van der Waals surface area contributed by atoms with Crippen molar-refractivity contribution in [3.05, 3.63) is 5.82 Å². The fourth-order valence-corrected chi connectivity index (χ4v) is 2.82. The van der Waals surface area contributed by atoms with Crippen LogP contribution in [-0.2, 0) is 11.2 Å². The summed E-state index contributed by atoms with van der Waals surface area (Å²) < 4.78 is 5.74. The van der Waals surface area contributed by atoms with Gasteiger partial charge in [-0.25, -0.2) is 0 Å². The van der Waals surface area contributed by atoms with Crippen molar-refractivity contribution in [2.24, 2.45) is 0 Å². The smallest absolute Gasteiger partial charge is 0.244 e. The van der Waals surface area contributed by atoms with E-state index >= 15 is 0 Å². The maximum atomic E-state index is 5.74. The van der Waals surface area contributed by atoms with Crippen LogP contribution in [0.2, 0.25) is 0 Å². The largest absolute Gasteiger partial charge is 0.378 e. The number of rotatable bonds is 3. The summed E-state index contributed by atoms with van der Waals surface area (Å²) in [6.45, 7) is 6.02. The Morgan fingerprint density at radius 2 is 2.37 bits per heavy atom. The van der Waals surface area contributed by atoms with Crippen LogP contribution in [0.3, 0.4) is 0 Å². The first kappa shape index (κ1) is 12.9. The Balaban J connectivity index is 1.59. The van der Waals surface area contributed by atoms with E-state index in [0.29, 0.717) is 12.1 Å². The van der Waals surface area contributed by atoms with Crippen molar-refractivity contribution in [3.63, 3.8) is 0 Å². The molecule has 0 aromatic carbocycles. The third kappa shape index (κ3) is 3.25. The average Bonchev–Trinajstić information content (AvgIpc) is 2.88. The van der Waals surface area contributed by atoms with Crippen molar-refractivity contribution in [2.75, 3.05) is 31.1 Å². The van der Waals surface area contributed by atoms with Crippen LogP contribution in [-0.4, -0.2) is 53.6 Å². The fourth-order valence-electron chi connectivity index (χ4n) is 2.82. The van der Waals surface area contributed by atoms with Gasteiger partial charge in [-0.3, -0.25) is 5.10 Å². The summed E-state index contributed by atoms with van der Waals surface area (Å²) in [6, 6.07) is 0.498. The van der Waals surface area contributed by atoms with E-state index in [1.807, 2.05) is 0 Å². The van der Waals surface area contributed by atoms with Gasteiger partial charge in [0.15, 0.2) is 0 Å². The molecule has 0 radical (unpaired) electrons. The minimum atomic E-state index is 0.316. The van der Waals surface area contributed by atoms with E-state index in [1.54, 1.807) is 0 Å². The van der Waals surface area contributed by atoms with Crippen molar-refractivity contribution in [3.8, 4) is 0 Å². The average molecular weight is 265 g/mol. The SMILES string of the molecule is C[C@@H]1CN(c2n[nH]c(CC3CCCCO3)n2)CCN1. The van der Waals surface area contributed by atoms with E-state index in [4.69, 9.17) is 4.74 Å². The molecule has 0 saturated carbocycles. The summed E-state index contributed by atoms with van der Waals surface area (Å²) >= 11 is 0. The summed E-state index contributed by atoms with van der Waals surface area (Å²) in [5.74, 6) is 1.78. The normalized spacial score (nSPS) is 28.6. The molecule has 2 fully saturated rings. The van der Waals surface area contributed by atoms with Gasteiger partial charge in [-0.2, -0.15) is 4.98 Å². The summed E-state index contributed by atoms with van der Waals surface area (Å²) in [4.78, 5) is 6.85. The predicted molar refractivity (Wildman–Crippen MR) is 73.4 cm³/mol. The van der Waals surface area contributed by atoms with Crippen molar-refractivity contribution < 1.29 is 4.74 Å². The second kappa shape index (κ2) is 5.88. The van der Waals surface area contributed by atoms with Crippen molar-refractivity contribution >= 4 is 5.95 Å². The first-order valence-corrected chi connectivity index (χ1v) is 7.32. The van der Waals surface area contributed by atoms with Gasteiger partial charge in [-0.1, -0.05) is 0 Å². The Morgan fingerprint density at radius 3 is 3.16 bits per heavy atom. The van der Waals surface area contributed by atoms with Gasteiger partial charge < -0.3 is 15.0 Å². The summed E-state index contributed by atoms with van der Waals surface area (Å²) in [5, 5.41) is 10.8. The Hall–Kier alpha value is -1.14. The van der Waals surface area contributed by atoms with Crippen molar-refractivity contribution in [1.29, 1.82) is 0 Å². The highest BCUT2D eigenvalue weighted by Gasteiger charge is 2.21. The van der Waals surface area contributed by atoms with E-state index in [2.05, 4.69) is 32.3 Å². The molecule has 0 aliphatic carbocycles. The van der Waals surface area contributed by atoms with Crippen LogP contribution in [0.1, 0.15) is 32.0 Å². The Kier molecular flexibility index (Phi) is 3.98. The molecule has 3 rings (SSSR count). The minimum absolute atomic E-state index is 0.316. The van der Waals surface area contributed by atoms with E-state index in [9.17, 15) is 0 Å². The van der Waals surface area contributed by atoms with Crippen LogP contribution >= 0.6 is 0 Å². The molecule has 1 unspecified atom stereocenters. The number of aromatic nitrogens is 3. The van der Waals surface area contributed by atoms with Crippen LogP contribution in [0.4, 0.5) is 5.95 Å². The molecule has 19 heavy (non-hydrogen) atoms. The molecule has 0 bridgehead atoms. The van der Waals surface area contributed by atoms with Gasteiger partial charge in [0, 0.05) is 38.7 Å². The Morgan fingerprint density at radius 1 is 1.42 bits per heavy atom. The van der Waals surface area contributed by atoms with Gasteiger partial charge in [0.05, 0.1) is 6.10 Å². The maximum absolute atomic E-state index is 5.74. The molecule has 2 N–H and O–H groups in total. The lowest BCUT2D eigenvalue weighted by atomic mass is 10.1. The number of H-pyrrole nitrogens is 1. The molecule has 2 aliphatic heterocycles. The van der Waals surface area contributed by atoms with Crippen LogP contribution in [0, 0.1) is 0 Å². The Bertz CT molecular complexity index is 401. The van der Waals surface area contributed by atoms with Gasteiger partial charge in [0.1, 0.15) is 5.82 Å². The Labute approximate surface area is 113 Å². The lowest BCUT2D eigenvalue weighted by Gasteiger charge is -2.30. The first-order valence-electron chi connectivity index (χ1n) is 7.32. The molecule has 3 heterocycles. The molecular weight excluding hydrogens is 242 g/mol. The van der Waals surface area contributed by atoms with E-state index in [-0.39, 0.29) is 0 Å². The molecule has 0 amide bonds. The molecule has 2 saturated heterocycles. The highest BCUT2D eigenvalue weighted by atomic mass is 16.5. The van der Waals surface area contributed by atoms with Crippen molar-refractivity contribution in [1.82, 2.24) is 20.5 Å². The van der Waals surface area contributed by atoms with Crippen molar-refractivity contribution in [2.45, 2.75) is 44.8 Å². The van der Waals surface area contributed by atoms with Gasteiger partial charge in [-0.15, -0.1) is 5.10 Å². The van der Waals surface area contributed by atoms with Crippen LogP contribution in [0.25, 0.3) is 0 Å². The second-order valence-corrected chi connectivity index (χ2v) is 5.58. The zero-order valence-corrected chi connectivity index (χ0v) is 11.6. The standard InChI is InChI=1S/C13H23N5O/c1-10-9-18(6-5-14-10)13-15-12(16-17-13)8-11-4-2-3-7-19-11/h10-11,14H,2-9H2,1H3,(H,15,16,17)/t10-,11?/m1/s1. The van der Waals surface area contributed by atoms with Crippen LogP contribution in [0.15, 0.2) is 0 Å². The van der Waals surface area contributed by atoms with E-state index in [0.717, 1.165) is 50.9 Å². The maximum Gasteiger partial charge on any atom is 0.244 e. The zero-order valence-electron chi connectivity index (χ0n) is 11.6. The predicted octanol–water partition coefficient (Wildman–Crippen LogP) is 0.714. The molecule has 2 aliphatic rings. The summed E-state index contributed by atoms with van der Waals surface area (Å²) in [5.41, 5.74) is 0. The highest BCUT2D eigenvalue weighted by Crippen LogP contribution is 2.17. The summed E-state index contributed by atoms with van der Waals surface area (Å²) in [7, 11) is 0. The van der Waals surface area contributed by atoms with E-state index in [1.165, 1.54) is 12.8 Å². The second-order valence-electron chi connectivity index (χ2n) is 5.58. The van der Waals surface area contributed by atoms with Gasteiger partial charge >= 0.3 is 0 Å². The fraction of sp³-hybridized carbons (Fsp3) is 0.846. The molecule has 1 aromatic rings. The van der Waals surface area contributed by atoms with Gasteiger partial charge in [0.2, 0.25) is 5.95 Å². The third-order valence-electron chi connectivity index (χ3n) is 3.87. The molecule has 0 spiro atoms. The zero-order chi connectivity index (χ0) is 13.1. The lowest BCUT2D eigenvalue weighted by molar-refractivity contribution is 0.0157. The molecule has 2 atom stereocenters. The lowest BCUT2D eigenvalue weighted by Crippen LogP contribution is -2.49. The number of nitrogens with one attached hydrogen (secondary N) is 2. The van der Waals surface area contributed by atoms with Crippen LogP contribution < -0.4 is 10.2 Å². The number of anilines is 1. The molecule has 1 aromatic heterocycles. The number of nitrogens with zero attached hydrogens (tertiary/aromatic N) is 3. The molecule has 6 nitrogen and oxygen atoms in total. The van der Waals surface area contributed by atoms with Crippen LogP contribution in [0.5, 0.6) is 0 Å². The number of hydrogen-bond donors (Lipinski definition) is 2. The third-order valence-corrected chi connectivity index (χ3v) is 3.87. The van der Waals surface area contributed by atoms with E-state index < -0.39 is 0 Å². The molecule has 106 valence electrons. The number of ether oxygens (including phenoxy) is 1. The topological polar surface area (TPSA) is 66.1 Å². The molecular formula is C13H23N5O. The van der Waals surface area contributed by atoms with Gasteiger partial charge in [-0.05, 0) is 26.2 Å². The highest BCUT2D eigenvalue weighted by molar-refractivity contribution is 5.30. The van der Waals surface area contributed by atoms with Gasteiger partial charge in [0.25, 0.3) is 0 Å². The minimum Gasteiger partial charge on any atom is -0.378 e. The summed E-state index contributed by atoms with van der Waals surface area (Å²) in [6.07, 6.45) is 4.77. The number of aromatic amines is 1. The number of piperazine rings is 1. The molecule has 6 heteroatoms.